The molecule has 0 saturated carbocycles. The minimum Gasteiger partial charge on any atom is -0.488 e. The van der Waals surface area contributed by atoms with E-state index in [4.69, 9.17) is 27.9 Å². The third-order valence-electron chi connectivity index (χ3n) is 3.66. The van der Waals surface area contributed by atoms with Gasteiger partial charge in [-0.05, 0) is 24.3 Å². The fourth-order valence-corrected chi connectivity index (χ4v) is 2.75. The van der Waals surface area contributed by atoms with Crippen LogP contribution in [0.4, 0.5) is 5.69 Å². The predicted octanol–water partition coefficient (Wildman–Crippen LogP) is 6.18. The molecular formula is C20H17Cl2NO. The highest BCUT2D eigenvalue weighted by Gasteiger charge is 2.06. The summed E-state index contributed by atoms with van der Waals surface area (Å²) in [6, 6.07) is 23.3. The fourth-order valence-electron chi connectivity index (χ4n) is 2.36. The molecule has 3 aromatic carbocycles. The van der Waals surface area contributed by atoms with Crippen LogP contribution >= 0.6 is 23.2 Å². The number of rotatable bonds is 6. The predicted molar refractivity (Wildman–Crippen MR) is 101 cm³/mol. The SMILES string of the molecule is Clc1ccccc1COc1ccccc1CNc1ccccc1Cl. The summed E-state index contributed by atoms with van der Waals surface area (Å²) in [5, 5.41) is 4.75. The van der Waals surface area contributed by atoms with Crippen molar-refractivity contribution in [3.8, 4) is 5.75 Å². The van der Waals surface area contributed by atoms with Gasteiger partial charge in [-0.1, -0.05) is 71.7 Å². The van der Waals surface area contributed by atoms with Crippen LogP contribution in [0.15, 0.2) is 72.8 Å². The van der Waals surface area contributed by atoms with Crippen LogP contribution in [0, 0.1) is 0 Å². The van der Waals surface area contributed by atoms with E-state index in [-0.39, 0.29) is 0 Å². The molecule has 122 valence electrons. The molecule has 0 saturated heterocycles. The average Bonchev–Trinajstić information content (AvgIpc) is 2.61. The maximum absolute atomic E-state index is 6.18. The molecule has 24 heavy (non-hydrogen) atoms. The molecule has 0 aromatic heterocycles. The number of halogens is 2. The van der Waals surface area contributed by atoms with Crippen LogP contribution in [-0.2, 0) is 13.2 Å². The second-order valence-electron chi connectivity index (χ2n) is 5.32. The van der Waals surface area contributed by atoms with Crippen LogP contribution in [0.3, 0.4) is 0 Å². The molecule has 0 aliphatic heterocycles. The molecule has 3 aromatic rings. The number of ether oxygens (including phenoxy) is 1. The van der Waals surface area contributed by atoms with Gasteiger partial charge in [0.25, 0.3) is 0 Å². The molecule has 2 nitrogen and oxygen atoms in total. The minimum absolute atomic E-state index is 0.433. The lowest BCUT2D eigenvalue weighted by Crippen LogP contribution is -2.04. The summed E-state index contributed by atoms with van der Waals surface area (Å²) in [4.78, 5) is 0. The van der Waals surface area contributed by atoms with E-state index in [1.54, 1.807) is 0 Å². The Kier molecular flexibility index (Phi) is 5.63. The van der Waals surface area contributed by atoms with E-state index in [9.17, 15) is 0 Å². The molecule has 0 bridgehead atoms. The summed E-state index contributed by atoms with van der Waals surface area (Å²) in [6.07, 6.45) is 0. The topological polar surface area (TPSA) is 21.3 Å². The summed E-state index contributed by atoms with van der Waals surface area (Å²) in [6.45, 7) is 1.06. The second kappa shape index (κ2) is 8.09. The number of para-hydroxylation sites is 2. The second-order valence-corrected chi connectivity index (χ2v) is 6.14. The number of benzene rings is 3. The van der Waals surface area contributed by atoms with E-state index >= 15 is 0 Å². The summed E-state index contributed by atoms with van der Waals surface area (Å²) >= 11 is 12.4. The van der Waals surface area contributed by atoms with Gasteiger partial charge in [0.15, 0.2) is 0 Å². The number of nitrogens with one attached hydrogen (secondary N) is 1. The lowest BCUT2D eigenvalue weighted by Gasteiger charge is -2.14. The Morgan fingerprint density at radius 2 is 1.33 bits per heavy atom. The molecule has 0 aliphatic rings. The van der Waals surface area contributed by atoms with Gasteiger partial charge in [-0.2, -0.15) is 0 Å². The Morgan fingerprint density at radius 3 is 2.08 bits per heavy atom. The molecule has 0 heterocycles. The zero-order chi connectivity index (χ0) is 16.8. The van der Waals surface area contributed by atoms with Crippen LogP contribution in [-0.4, -0.2) is 0 Å². The third kappa shape index (κ3) is 4.22. The van der Waals surface area contributed by atoms with Crippen molar-refractivity contribution >= 4 is 28.9 Å². The maximum atomic E-state index is 6.18. The van der Waals surface area contributed by atoms with Gasteiger partial charge in [0.2, 0.25) is 0 Å². The van der Waals surface area contributed by atoms with Gasteiger partial charge >= 0.3 is 0 Å². The smallest absolute Gasteiger partial charge is 0.124 e. The van der Waals surface area contributed by atoms with E-state index in [1.807, 2.05) is 72.8 Å². The minimum atomic E-state index is 0.433. The van der Waals surface area contributed by atoms with Crippen molar-refractivity contribution < 1.29 is 4.74 Å². The highest BCUT2D eigenvalue weighted by molar-refractivity contribution is 6.33. The number of hydrogen-bond acceptors (Lipinski definition) is 2. The van der Waals surface area contributed by atoms with Crippen molar-refractivity contribution in [1.82, 2.24) is 0 Å². The lowest BCUT2D eigenvalue weighted by molar-refractivity contribution is 0.303. The standard InChI is InChI=1S/C20H17Cl2NO/c21-17-9-3-1-8-16(17)14-24-20-12-6-2-7-15(20)13-23-19-11-5-4-10-18(19)22/h1-12,23H,13-14H2. The molecule has 3 rings (SSSR count). The van der Waals surface area contributed by atoms with E-state index in [2.05, 4.69) is 5.32 Å². The van der Waals surface area contributed by atoms with Crippen molar-refractivity contribution in [2.24, 2.45) is 0 Å². The van der Waals surface area contributed by atoms with Gasteiger partial charge in [-0.3, -0.25) is 0 Å². The molecule has 0 aliphatic carbocycles. The lowest BCUT2D eigenvalue weighted by atomic mass is 10.2. The van der Waals surface area contributed by atoms with Gasteiger partial charge in [-0.15, -0.1) is 0 Å². The first-order chi connectivity index (χ1) is 11.7. The van der Waals surface area contributed by atoms with Gasteiger partial charge in [0.05, 0.1) is 10.7 Å². The largest absolute Gasteiger partial charge is 0.488 e. The van der Waals surface area contributed by atoms with E-state index < -0.39 is 0 Å². The Morgan fingerprint density at radius 1 is 0.708 bits per heavy atom. The Balaban J connectivity index is 1.69. The number of hydrogen-bond donors (Lipinski definition) is 1. The highest BCUT2D eigenvalue weighted by Crippen LogP contribution is 2.25. The van der Waals surface area contributed by atoms with Gasteiger partial charge < -0.3 is 10.1 Å². The van der Waals surface area contributed by atoms with Crippen LogP contribution in [0.25, 0.3) is 0 Å². The monoisotopic (exact) mass is 357 g/mol. The first-order valence-electron chi connectivity index (χ1n) is 7.66. The summed E-state index contributed by atoms with van der Waals surface area (Å²) in [5.41, 5.74) is 2.93. The molecule has 0 amide bonds. The molecule has 0 fully saturated rings. The zero-order valence-corrected chi connectivity index (χ0v) is 14.5. The normalized spacial score (nSPS) is 10.4. The van der Waals surface area contributed by atoms with Crippen molar-refractivity contribution in [1.29, 1.82) is 0 Å². The van der Waals surface area contributed by atoms with Crippen LogP contribution < -0.4 is 10.1 Å². The quantitative estimate of drug-likeness (QED) is 0.568. The Bertz CT molecular complexity index is 751. The van der Waals surface area contributed by atoms with Crippen LogP contribution in [0.2, 0.25) is 10.0 Å². The van der Waals surface area contributed by atoms with Gasteiger partial charge in [0, 0.05) is 22.7 Å². The molecule has 1 N–H and O–H groups in total. The Labute approximate surface area is 152 Å². The molecule has 0 unspecified atom stereocenters. The summed E-state index contributed by atoms with van der Waals surface area (Å²) in [7, 11) is 0. The van der Waals surface area contributed by atoms with Crippen molar-refractivity contribution in [2.75, 3.05) is 5.32 Å². The zero-order valence-electron chi connectivity index (χ0n) is 13.0. The third-order valence-corrected chi connectivity index (χ3v) is 4.36. The Hall–Kier alpha value is -2.16. The highest BCUT2D eigenvalue weighted by atomic mass is 35.5. The summed E-state index contributed by atoms with van der Waals surface area (Å²) in [5.74, 6) is 0.831. The van der Waals surface area contributed by atoms with Crippen molar-refractivity contribution in [2.45, 2.75) is 13.2 Å². The van der Waals surface area contributed by atoms with E-state index in [1.165, 1.54) is 0 Å². The maximum Gasteiger partial charge on any atom is 0.124 e. The molecule has 0 atom stereocenters. The number of anilines is 1. The fraction of sp³-hybridized carbons (Fsp3) is 0.100. The molecule has 4 heteroatoms. The van der Waals surface area contributed by atoms with Gasteiger partial charge in [-0.25, -0.2) is 0 Å². The van der Waals surface area contributed by atoms with E-state index in [0.29, 0.717) is 23.2 Å². The first kappa shape index (κ1) is 16.7. The summed E-state index contributed by atoms with van der Waals surface area (Å²) < 4.78 is 5.97. The molecule has 0 spiro atoms. The van der Waals surface area contributed by atoms with Gasteiger partial charge in [0.1, 0.15) is 12.4 Å². The van der Waals surface area contributed by atoms with Crippen LogP contribution in [0.1, 0.15) is 11.1 Å². The van der Waals surface area contributed by atoms with E-state index in [0.717, 1.165) is 22.6 Å². The molecular weight excluding hydrogens is 341 g/mol. The van der Waals surface area contributed by atoms with Crippen LogP contribution in [0.5, 0.6) is 5.75 Å². The molecule has 0 radical (unpaired) electrons. The van der Waals surface area contributed by atoms with Crippen molar-refractivity contribution in [3.63, 3.8) is 0 Å². The van der Waals surface area contributed by atoms with Crippen molar-refractivity contribution in [3.05, 3.63) is 94.0 Å². The first-order valence-corrected chi connectivity index (χ1v) is 8.42. The average molecular weight is 358 g/mol.